The van der Waals surface area contributed by atoms with E-state index in [0.717, 1.165) is 22.6 Å². The average Bonchev–Trinajstić information content (AvgIpc) is 3.25. The van der Waals surface area contributed by atoms with Gasteiger partial charge in [0.25, 0.3) is 0 Å². The summed E-state index contributed by atoms with van der Waals surface area (Å²) in [6, 6.07) is 14.9. The minimum atomic E-state index is -0.270. The molecular weight excluding hydrogens is 330 g/mol. The predicted molar refractivity (Wildman–Crippen MR) is 97.0 cm³/mol. The second-order valence-corrected chi connectivity index (χ2v) is 6.19. The SMILES string of the molecule is CC1Oc2ccccc2C1NC(=O)Nc1ccccc1Cn1cncn1. The molecule has 0 saturated heterocycles. The van der Waals surface area contributed by atoms with Gasteiger partial charge >= 0.3 is 6.03 Å². The highest BCUT2D eigenvalue weighted by atomic mass is 16.5. The molecule has 2 atom stereocenters. The number of aromatic nitrogens is 3. The highest BCUT2D eigenvalue weighted by Crippen LogP contribution is 2.36. The number of fused-ring (bicyclic) bond motifs is 1. The van der Waals surface area contributed by atoms with E-state index in [9.17, 15) is 4.79 Å². The molecule has 7 heteroatoms. The molecule has 26 heavy (non-hydrogen) atoms. The molecule has 132 valence electrons. The standard InChI is InChI=1S/C19H19N5O2/c1-13-18(15-7-3-5-9-17(15)26-13)23-19(25)22-16-8-4-2-6-14(16)10-24-12-20-11-21-24/h2-9,11-13,18H,10H2,1H3,(H2,22,23,25). The largest absolute Gasteiger partial charge is 0.488 e. The van der Waals surface area contributed by atoms with Crippen molar-refractivity contribution < 1.29 is 9.53 Å². The third kappa shape index (κ3) is 3.23. The van der Waals surface area contributed by atoms with Crippen LogP contribution >= 0.6 is 0 Å². The van der Waals surface area contributed by atoms with Gasteiger partial charge in [0.05, 0.1) is 12.6 Å². The maximum atomic E-state index is 12.6. The van der Waals surface area contributed by atoms with Crippen LogP contribution in [-0.2, 0) is 6.54 Å². The maximum Gasteiger partial charge on any atom is 0.319 e. The Hall–Kier alpha value is -3.35. The summed E-state index contributed by atoms with van der Waals surface area (Å²) in [5.74, 6) is 0.817. The topological polar surface area (TPSA) is 81.1 Å². The lowest BCUT2D eigenvalue weighted by Crippen LogP contribution is -2.37. The second-order valence-electron chi connectivity index (χ2n) is 6.19. The number of para-hydroxylation sites is 2. The summed E-state index contributed by atoms with van der Waals surface area (Å²) >= 11 is 0. The molecule has 1 aliphatic rings. The minimum absolute atomic E-state index is 0.122. The molecule has 2 unspecified atom stereocenters. The predicted octanol–water partition coefficient (Wildman–Crippen LogP) is 2.97. The Labute approximate surface area is 151 Å². The number of carbonyl (C=O) groups excluding carboxylic acids is 1. The molecule has 1 aromatic heterocycles. The molecule has 0 bridgehead atoms. The number of nitrogens with one attached hydrogen (secondary N) is 2. The first-order chi connectivity index (χ1) is 12.7. The molecule has 2 aromatic carbocycles. The van der Waals surface area contributed by atoms with E-state index < -0.39 is 0 Å². The van der Waals surface area contributed by atoms with Crippen LogP contribution < -0.4 is 15.4 Å². The summed E-state index contributed by atoms with van der Waals surface area (Å²) in [7, 11) is 0. The van der Waals surface area contributed by atoms with E-state index in [1.165, 1.54) is 6.33 Å². The lowest BCUT2D eigenvalue weighted by atomic mass is 10.1. The fourth-order valence-corrected chi connectivity index (χ4v) is 3.13. The van der Waals surface area contributed by atoms with Crippen molar-refractivity contribution in [2.75, 3.05) is 5.32 Å². The first-order valence-electron chi connectivity index (χ1n) is 8.44. The van der Waals surface area contributed by atoms with E-state index in [4.69, 9.17) is 4.74 Å². The van der Waals surface area contributed by atoms with Crippen LogP contribution in [0.3, 0.4) is 0 Å². The van der Waals surface area contributed by atoms with Crippen molar-refractivity contribution in [1.82, 2.24) is 20.1 Å². The molecule has 0 aliphatic carbocycles. The number of hydrogen-bond acceptors (Lipinski definition) is 4. The molecule has 1 aliphatic heterocycles. The van der Waals surface area contributed by atoms with Crippen molar-refractivity contribution in [3.8, 4) is 5.75 Å². The van der Waals surface area contributed by atoms with E-state index >= 15 is 0 Å². The summed E-state index contributed by atoms with van der Waals surface area (Å²) in [4.78, 5) is 16.5. The van der Waals surface area contributed by atoms with Crippen molar-refractivity contribution in [3.63, 3.8) is 0 Å². The number of urea groups is 1. The third-order valence-electron chi connectivity index (χ3n) is 4.39. The van der Waals surface area contributed by atoms with Crippen LogP contribution in [0.5, 0.6) is 5.75 Å². The third-order valence-corrected chi connectivity index (χ3v) is 4.39. The molecule has 3 aromatic rings. The quantitative estimate of drug-likeness (QED) is 0.759. The molecule has 0 radical (unpaired) electrons. The van der Waals surface area contributed by atoms with Gasteiger partial charge < -0.3 is 15.4 Å². The van der Waals surface area contributed by atoms with Crippen LogP contribution in [0, 0.1) is 0 Å². The summed E-state index contributed by atoms with van der Waals surface area (Å²) < 4.78 is 7.51. The molecule has 0 saturated carbocycles. The van der Waals surface area contributed by atoms with Gasteiger partial charge in [0, 0.05) is 11.3 Å². The van der Waals surface area contributed by atoms with Crippen LogP contribution in [0.25, 0.3) is 0 Å². The molecule has 4 rings (SSSR count). The second kappa shape index (κ2) is 6.87. The fraction of sp³-hybridized carbons (Fsp3) is 0.211. The minimum Gasteiger partial charge on any atom is -0.488 e. The average molecular weight is 349 g/mol. The van der Waals surface area contributed by atoms with E-state index in [1.54, 1.807) is 11.0 Å². The van der Waals surface area contributed by atoms with Gasteiger partial charge in [-0.25, -0.2) is 14.5 Å². The van der Waals surface area contributed by atoms with Crippen molar-refractivity contribution in [2.24, 2.45) is 0 Å². The molecule has 2 N–H and O–H groups in total. The number of hydrogen-bond donors (Lipinski definition) is 2. The fourth-order valence-electron chi connectivity index (χ4n) is 3.13. The van der Waals surface area contributed by atoms with Gasteiger partial charge in [-0.15, -0.1) is 0 Å². The van der Waals surface area contributed by atoms with Crippen LogP contribution in [0.4, 0.5) is 10.5 Å². The van der Waals surface area contributed by atoms with Crippen molar-refractivity contribution in [3.05, 3.63) is 72.3 Å². The normalized spacial score (nSPS) is 18.0. The summed E-state index contributed by atoms with van der Waals surface area (Å²) in [6.45, 7) is 2.48. The van der Waals surface area contributed by atoms with E-state index in [-0.39, 0.29) is 18.2 Å². The van der Waals surface area contributed by atoms with Gasteiger partial charge in [-0.1, -0.05) is 36.4 Å². The van der Waals surface area contributed by atoms with Gasteiger partial charge in [0.2, 0.25) is 0 Å². The Morgan fingerprint density at radius 2 is 2.00 bits per heavy atom. The Kier molecular flexibility index (Phi) is 4.27. The van der Waals surface area contributed by atoms with Crippen LogP contribution in [0.2, 0.25) is 0 Å². The number of anilines is 1. The Morgan fingerprint density at radius 1 is 1.19 bits per heavy atom. The molecule has 2 amide bonds. The van der Waals surface area contributed by atoms with E-state index in [2.05, 4.69) is 20.7 Å². The summed E-state index contributed by atoms with van der Waals surface area (Å²) in [6.07, 6.45) is 3.01. The van der Waals surface area contributed by atoms with Gasteiger partial charge in [0.15, 0.2) is 0 Å². The molecular formula is C19H19N5O2. The van der Waals surface area contributed by atoms with Crippen molar-refractivity contribution in [1.29, 1.82) is 0 Å². The molecule has 0 spiro atoms. The first kappa shape index (κ1) is 16.1. The highest BCUT2D eigenvalue weighted by Gasteiger charge is 2.32. The zero-order valence-corrected chi connectivity index (χ0v) is 14.3. The van der Waals surface area contributed by atoms with Crippen LogP contribution in [0.1, 0.15) is 24.1 Å². The zero-order valence-electron chi connectivity index (χ0n) is 14.3. The highest BCUT2D eigenvalue weighted by molar-refractivity contribution is 5.90. The number of ether oxygens (including phenoxy) is 1. The number of benzene rings is 2. The Balaban J connectivity index is 1.47. The Morgan fingerprint density at radius 3 is 2.85 bits per heavy atom. The van der Waals surface area contributed by atoms with Gasteiger partial charge in [0.1, 0.15) is 24.5 Å². The number of nitrogens with zero attached hydrogens (tertiary/aromatic N) is 3. The number of rotatable bonds is 4. The number of amides is 2. The van der Waals surface area contributed by atoms with Gasteiger partial charge in [-0.3, -0.25) is 0 Å². The van der Waals surface area contributed by atoms with Crippen molar-refractivity contribution in [2.45, 2.75) is 25.6 Å². The van der Waals surface area contributed by atoms with Crippen molar-refractivity contribution >= 4 is 11.7 Å². The summed E-state index contributed by atoms with van der Waals surface area (Å²) in [5, 5.41) is 10.1. The lowest BCUT2D eigenvalue weighted by molar-refractivity contribution is 0.204. The van der Waals surface area contributed by atoms with E-state index in [0.29, 0.717) is 6.54 Å². The zero-order chi connectivity index (χ0) is 17.9. The molecule has 0 fully saturated rings. The van der Waals surface area contributed by atoms with E-state index in [1.807, 2.05) is 55.5 Å². The maximum absolute atomic E-state index is 12.6. The van der Waals surface area contributed by atoms with Crippen LogP contribution in [0.15, 0.2) is 61.2 Å². The Bertz CT molecular complexity index is 910. The molecule has 2 heterocycles. The van der Waals surface area contributed by atoms with Crippen LogP contribution in [-0.4, -0.2) is 26.9 Å². The monoisotopic (exact) mass is 349 g/mol. The first-order valence-corrected chi connectivity index (χ1v) is 8.44. The lowest BCUT2D eigenvalue weighted by Gasteiger charge is -2.18. The molecule has 7 nitrogen and oxygen atoms in total. The summed E-state index contributed by atoms with van der Waals surface area (Å²) in [5.41, 5.74) is 2.68. The van der Waals surface area contributed by atoms with Gasteiger partial charge in [-0.05, 0) is 24.6 Å². The number of carbonyl (C=O) groups is 1. The van der Waals surface area contributed by atoms with Gasteiger partial charge in [-0.2, -0.15) is 5.10 Å². The smallest absolute Gasteiger partial charge is 0.319 e.